The third-order valence-electron chi connectivity index (χ3n) is 3.91. The molecule has 128 valence electrons. The minimum atomic E-state index is -0.477. The first kappa shape index (κ1) is 17.5. The summed E-state index contributed by atoms with van der Waals surface area (Å²) < 4.78 is 5.18. The van der Waals surface area contributed by atoms with Gasteiger partial charge in [-0.2, -0.15) is 0 Å². The van der Waals surface area contributed by atoms with E-state index in [1.54, 1.807) is 0 Å². The maximum absolute atomic E-state index is 11.5. The maximum Gasteiger partial charge on any atom is 0.407 e. The van der Waals surface area contributed by atoms with Crippen molar-refractivity contribution in [3.8, 4) is 0 Å². The molecule has 0 fully saturated rings. The van der Waals surface area contributed by atoms with Gasteiger partial charge in [0.2, 0.25) is 5.95 Å². The van der Waals surface area contributed by atoms with Crippen LogP contribution in [0.5, 0.6) is 0 Å². The first-order valence-corrected chi connectivity index (χ1v) is 8.43. The lowest BCUT2D eigenvalue weighted by Crippen LogP contribution is -2.35. The summed E-state index contributed by atoms with van der Waals surface area (Å²) in [6.45, 7) is 8.80. The lowest BCUT2D eigenvalue weighted by atomic mass is 9.86. The van der Waals surface area contributed by atoms with Gasteiger partial charge in [-0.25, -0.2) is 14.8 Å². The molecule has 23 heavy (non-hydrogen) atoms. The Balaban J connectivity index is 1.76. The maximum atomic E-state index is 11.5. The second-order valence-electron chi connectivity index (χ2n) is 7.04. The van der Waals surface area contributed by atoms with Gasteiger partial charge in [-0.05, 0) is 51.5 Å². The number of hydrogen-bond donors (Lipinski definition) is 2. The van der Waals surface area contributed by atoms with Crippen molar-refractivity contribution >= 4 is 12.0 Å². The van der Waals surface area contributed by atoms with E-state index < -0.39 is 11.7 Å². The molecule has 1 amide bonds. The Kier molecular flexibility index (Phi) is 5.80. The molecular weight excluding hydrogens is 292 g/mol. The monoisotopic (exact) mass is 320 g/mol. The number of carbonyl (C=O) groups excluding carboxylic acids is 1. The summed E-state index contributed by atoms with van der Waals surface area (Å²) in [5, 5.41) is 5.85. The Hall–Kier alpha value is -1.85. The van der Waals surface area contributed by atoms with Crippen molar-refractivity contribution in [2.75, 3.05) is 18.4 Å². The van der Waals surface area contributed by atoms with Crippen LogP contribution in [-0.4, -0.2) is 34.8 Å². The third-order valence-corrected chi connectivity index (χ3v) is 3.91. The second kappa shape index (κ2) is 7.62. The average molecular weight is 320 g/mol. The minimum absolute atomic E-state index is 0.406. The number of carbonyl (C=O) groups is 1. The van der Waals surface area contributed by atoms with Crippen molar-refractivity contribution < 1.29 is 9.53 Å². The molecule has 1 aromatic heterocycles. The first-order chi connectivity index (χ1) is 10.9. The minimum Gasteiger partial charge on any atom is -0.444 e. The molecule has 1 aliphatic carbocycles. The SMILES string of the molecule is CCC1CCc2nc(NCCNC(=O)OC(C)(C)C)ncc2C1. The number of nitrogens with one attached hydrogen (secondary N) is 2. The van der Waals surface area contributed by atoms with E-state index >= 15 is 0 Å². The molecule has 1 aromatic rings. The number of fused-ring (bicyclic) bond motifs is 1. The van der Waals surface area contributed by atoms with Gasteiger partial charge in [0.25, 0.3) is 0 Å². The molecule has 2 N–H and O–H groups in total. The fourth-order valence-corrected chi connectivity index (χ4v) is 2.67. The smallest absolute Gasteiger partial charge is 0.407 e. The third kappa shape index (κ3) is 5.69. The molecule has 1 heterocycles. The summed E-state index contributed by atoms with van der Waals surface area (Å²) in [5.74, 6) is 1.40. The molecule has 0 aromatic carbocycles. The Morgan fingerprint density at radius 2 is 2.17 bits per heavy atom. The highest BCUT2D eigenvalue weighted by atomic mass is 16.6. The number of anilines is 1. The quantitative estimate of drug-likeness (QED) is 0.816. The number of ether oxygens (including phenoxy) is 1. The van der Waals surface area contributed by atoms with Gasteiger partial charge < -0.3 is 15.4 Å². The van der Waals surface area contributed by atoms with E-state index in [4.69, 9.17) is 4.74 Å². The molecule has 0 aliphatic heterocycles. The van der Waals surface area contributed by atoms with Gasteiger partial charge in [0.15, 0.2) is 0 Å². The van der Waals surface area contributed by atoms with E-state index in [9.17, 15) is 4.79 Å². The molecule has 0 saturated carbocycles. The second-order valence-corrected chi connectivity index (χ2v) is 7.04. The number of rotatable bonds is 5. The Morgan fingerprint density at radius 3 is 2.87 bits per heavy atom. The van der Waals surface area contributed by atoms with Crippen LogP contribution in [-0.2, 0) is 17.6 Å². The highest BCUT2D eigenvalue weighted by molar-refractivity contribution is 5.67. The molecule has 1 aliphatic rings. The number of aromatic nitrogens is 2. The molecule has 0 bridgehead atoms. The molecular formula is C17H28N4O2. The summed E-state index contributed by atoms with van der Waals surface area (Å²) in [6, 6.07) is 0. The van der Waals surface area contributed by atoms with Gasteiger partial charge in [0, 0.05) is 25.0 Å². The number of amides is 1. The molecule has 1 unspecified atom stereocenters. The van der Waals surface area contributed by atoms with Crippen LogP contribution in [0.25, 0.3) is 0 Å². The van der Waals surface area contributed by atoms with Crippen LogP contribution in [0.1, 0.15) is 51.8 Å². The van der Waals surface area contributed by atoms with Crippen molar-refractivity contribution in [2.24, 2.45) is 5.92 Å². The lowest BCUT2D eigenvalue weighted by molar-refractivity contribution is 0.0530. The molecule has 0 saturated heterocycles. The van der Waals surface area contributed by atoms with Crippen molar-refractivity contribution in [1.82, 2.24) is 15.3 Å². The number of hydrogen-bond acceptors (Lipinski definition) is 5. The van der Waals surface area contributed by atoms with Crippen LogP contribution in [0.15, 0.2) is 6.20 Å². The van der Waals surface area contributed by atoms with Crippen LogP contribution in [0.4, 0.5) is 10.7 Å². The zero-order valence-corrected chi connectivity index (χ0v) is 14.6. The van der Waals surface area contributed by atoms with Crippen LogP contribution < -0.4 is 10.6 Å². The lowest BCUT2D eigenvalue weighted by Gasteiger charge is -2.22. The Bertz CT molecular complexity index is 540. The topological polar surface area (TPSA) is 76.1 Å². The van der Waals surface area contributed by atoms with Gasteiger partial charge >= 0.3 is 6.09 Å². The van der Waals surface area contributed by atoms with E-state index in [0.717, 1.165) is 24.5 Å². The van der Waals surface area contributed by atoms with Crippen molar-refractivity contribution in [3.63, 3.8) is 0 Å². The summed E-state index contributed by atoms with van der Waals surface area (Å²) in [5.41, 5.74) is 1.96. The van der Waals surface area contributed by atoms with Gasteiger partial charge in [-0.15, -0.1) is 0 Å². The molecule has 1 atom stereocenters. The molecule has 2 rings (SSSR count). The Labute approximate surface area is 138 Å². The summed E-state index contributed by atoms with van der Waals surface area (Å²) in [4.78, 5) is 20.5. The van der Waals surface area contributed by atoms with Crippen molar-refractivity contribution in [2.45, 2.75) is 59.0 Å². The number of nitrogens with zero attached hydrogens (tertiary/aromatic N) is 2. The summed E-state index contributed by atoms with van der Waals surface area (Å²) in [7, 11) is 0. The van der Waals surface area contributed by atoms with Crippen LogP contribution >= 0.6 is 0 Å². The van der Waals surface area contributed by atoms with E-state index in [2.05, 4.69) is 27.5 Å². The molecule has 0 radical (unpaired) electrons. The molecule has 0 spiro atoms. The standard InChI is InChI=1S/C17H28N4O2/c1-5-12-6-7-14-13(10-12)11-20-15(21-14)18-8-9-19-16(22)23-17(2,3)4/h11-12H,5-10H2,1-4H3,(H,19,22)(H,18,20,21). The predicted molar refractivity (Wildman–Crippen MR) is 90.6 cm³/mol. The Morgan fingerprint density at radius 1 is 1.39 bits per heavy atom. The average Bonchev–Trinajstić information content (AvgIpc) is 2.49. The van der Waals surface area contributed by atoms with Crippen LogP contribution in [0, 0.1) is 5.92 Å². The number of aryl methyl sites for hydroxylation is 1. The van der Waals surface area contributed by atoms with E-state index in [1.165, 1.54) is 18.4 Å². The highest BCUT2D eigenvalue weighted by Crippen LogP contribution is 2.26. The largest absolute Gasteiger partial charge is 0.444 e. The van der Waals surface area contributed by atoms with Gasteiger partial charge in [-0.1, -0.05) is 13.3 Å². The van der Waals surface area contributed by atoms with E-state index in [1.807, 2.05) is 27.0 Å². The van der Waals surface area contributed by atoms with Gasteiger partial charge in [0.1, 0.15) is 5.60 Å². The molecule has 6 heteroatoms. The van der Waals surface area contributed by atoms with Gasteiger partial charge in [-0.3, -0.25) is 0 Å². The zero-order chi connectivity index (χ0) is 16.9. The first-order valence-electron chi connectivity index (χ1n) is 8.43. The fourth-order valence-electron chi connectivity index (χ4n) is 2.67. The highest BCUT2D eigenvalue weighted by Gasteiger charge is 2.19. The van der Waals surface area contributed by atoms with E-state index in [-0.39, 0.29) is 0 Å². The van der Waals surface area contributed by atoms with Crippen LogP contribution in [0.3, 0.4) is 0 Å². The fraction of sp³-hybridized carbons (Fsp3) is 0.706. The molecule has 6 nitrogen and oxygen atoms in total. The van der Waals surface area contributed by atoms with E-state index in [0.29, 0.717) is 19.0 Å². The van der Waals surface area contributed by atoms with Crippen molar-refractivity contribution in [1.29, 1.82) is 0 Å². The van der Waals surface area contributed by atoms with Gasteiger partial charge in [0.05, 0.1) is 0 Å². The summed E-state index contributed by atoms with van der Waals surface area (Å²) >= 11 is 0. The van der Waals surface area contributed by atoms with Crippen LogP contribution in [0.2, 0.25) is 0 Å². The normalized spacial score (nSPS) is 17.3. The predicted octanol–water partition coefficient (Wildman–Crippen LogP) is 2.93. The number of alkyl carbamates (subject to hydrolysis) is 1. The summed E-state index contributed by atoms with van der Waals surface area (Å²) in [6.07, 6.45) is 6.08. The van der Waals surface area contributed by atoms with Crippen molar-refractivity contribution in [3.05, 3.63) is 17.5 Å². The zero-order valence-electron chi connectivity index (χ0n) is 14.6.